The van der Waals surface area contributed by atoms with E-state index in [4.69, 9.17) is 4.42 Å². The molecule has 1 rings (SSSR count). The Hall–Kier alpha value is -1.30. The minimum Gasteiger partial charge on any atom is -0.469 e. The number of carbonyl (C=O) groups is 2. The van der Waals surface area contributed by atoms with E-state index >= 15 is 0 Å². The number of ether oxygens (including phenoxy) is 1. The molecule has 0 atom stereocenters. The van der Waals surface area contributed by atoms with Gasteiger partial charge in [-0.1, -0.05) is 13.8 Å². The molecular weight excluding hydrogens is 314 g/mol. The van der Waals surface area contributed by atoms with E-state index in [1.54, 1.807) is 17.0 Å². The van der Waals surface area contributed by atoms with Crippen molar-refractivity contribution in [2.75, 3.05) is 20.2 Å². The van der Waals surface area contributed by atoms with E-state index in [1.165, 1.54) is 7.11 Å². The van der Waals surface area contributed by atoms with Crippen LogP contribution in [0.25, 0.3) is 0 Å². The minimum absolute atomic E-state index is 0.177. The summed E-state index contributed by atoms with van der Waals surface area (Å²) in [6.45, 7) is 4.91. The molecule has 0 bridgehead atoms. The highest BCUT2D eigenvalue weighted by Gasteiger charge is 2.20. The van der Waals surface area contributed by atoms with Crippen LogP contribution in [-0.2, 0) is 9.53 Å². The van der Waals surface area contributed by atoms with Crippen molar-refractivity contribution < 1.29 is 18.7 Å². The highest BCUT2D eigenvalue weighted by atomic mass is 79.9. The average molecular weight is 332 g/mol. The van der Waals surface area contributed by atoms with Gasteiger partial charge in [0.2, 0.25) is 0 Å². The number of nitrogens with zero attached hydrogens (tertiary/aromatic N) is 1. The number of methoxy groups -OCH3 is 1. The third-order valence-corrected chi connectivity index (χ3v) is 2.90. The van der Waals surface area contributed by atoms with Crippen molar-refractivity contribution in [1.29, 1.82) is 0 Å². The summed E-state index contributed by atoms with van der Waals surface area (Å²) in [7, 11) is 1.33. The Bertz CT molecular complexity index is 442. The first-order valence-electron chi connectivity index (χ1n) is 6.05. The van der Waals surface area contributed by atoms with E-state index in [2.05, 4.69) is 20.7 Å². The van der Waals surface area contributed by atoms with Crippen molar-refractivity contribution in [3.05, 3.63) is 22.6 Å². The van der Waals surface area contributed by atoms with Crippen molar-refractivity contribution in [3.63, 3.8) is 0 Å². The Morgan fingerprint density at radius 1 is 1.42 bits per heavy atom. The van der Waals surface area contributed by atoms with Gasteiger partial charge in [0.15, 0.2) is 10.4 Å². The first-order chi connectivity index (χ1) is 8.93. The predicted octanol–water partition coefficient (Wildman–Crippen LogP) is 2.70. The summed E-state index contributed by atoms with van der Waals surface area (Å²) in [6.07, 6.45) is 0.177. The van der Waals surface area contributed by atoms with Gasteiger partial charge in [-0.15, -0.1) is 0 Å². The summed E-state index contributed by atoms with van der Waals surface area (Å²) in [5.41, 5.74) is 0. The van der Waals surface area contributed by atoms with Crippen LogP contribution in [0.5, 0.6) is 0 Å². The normalized spacial score (nSPS) is 10.6. The molecule has 0 aliphatic rings. The number of esters is 1. The number of carbonyl (C=O) groups excluding carboxylic acids is 2. The SMILES string of the molecule is COC(=O)CCN(CC(C)C)C(=O)c1ccc(Br)o1. The Morgan fingerprint density at radius 3 is 2.58 bits per heavy atom. The van der Waals surface area contributed by atoms with Crippen LogP contribution in [0.4, 0.5) is 0 Å². The van der Waals surface area contributed by atoms with E-state index in [0.29, 0.717) is 23.7 Å². The first-order valence-corrected chi connectivity index (χ1v) is 6.84. The fourth-order valence-electron chi connectivity index (χ4n) is 1.63. The van der Waals surface area contributed by atoms with Gasteiger partial charge in [-0.2, -0.15) is 0 Å². The molecule has 1 amide bonds. The third kappa shape index (κ3) is 5.06. The Morgan fingerprint density at radius 2 is 2.11 bits per heavy atom. The van der Waals surface area contributed by atoms with Gasteiger partial charge >= 0.3 is 5.97 Å². The molecule has 0 fully saturated rings. The standard InChI is InChI=1S/C13H18BrNO4/c1-9(2)8-15(7-6-12(16)18-3)13(17)10-4-5-11(14)19-10/h4-5,9H,6-8H2,1-3H3. The van der Waals surface area contributed by atoms with Gasteiger partial charge < -0.3 is 14.1 Å². The third-order valence-electron chi connectivity index (χ3n) is 2.47. The largest absolute Gasteiger partial charge is 0.469 e. The molecule has 106 valence electrons. The van der Waals surface area contributed by atoms with E-state index < -0.39 is 0 Å². The topological polar surface area (TPSA) is 59.8 Å². The smallest absolute Gasteiger partial charge is 0.307 e. The maximum absolute atomic E-state index is 12.3. The first kappa shape index (κ1) is 15.8. The lowest BCUT2D eigenvalue weighted by molar-refractivity contribution is -0.140. The lowest BCUT2D eigenvalue weighted by Crippen LogP contribution is -2.35. The van der Waals surface area contributed by atoms with Gasteiger partial charge in [0.1, 0.15) is 0 Å². The number of furan rings is 1. The fourth-order valence-corrected chi connectivity index (χ4v) is 1.94. The van der Waals surface area contributed by atoms with E-state index in [1.807, 2.05) is 13.8 Å². The molecule has 0 aromatic carbocycles. The molecule has 0 unspecified atom stereocenters. The zero-order chi connectivity index (χ0) is 14.4. The van der Waals surface area contributed by atoms with Gasteiger partial charge in [-0.25, -0.2) is 0 Å². The molecule has 1 aromatic heterocycles. The summed E-state index contributed by atoms with van der Waals surface area (Å²) in [4.78, 5) is 25.0. The van der Waals surface area contributed by atoms with Crippen LogP contribution in [0.2, 0.25) is 0 Å². The number of amides is 1. The van der Waals surface area contributed by atoms with Gasteiger partial charge in [-0.05, 0) is 34.0 Å². The van der Waals surface area contributed by atoms with Gasteiger partial charge in [0.05, 0.1) is 13.5 Å². The molecule has 6 heteroatoms. The fraction of sp³-hybridized carbons (Fsp3) is 0.538. The number of rotatable bonds is 6. The molecule has 0 radical (unpaired) electrons. The monoisotopic (exact) mass is 331 g/mol. The molecule has 1 aromatic rings. The van der Waals surface area contributed by atoms with Crippen LogP contribution in [0.1, 0.15) is 30.8 Å². The maximum atomic E-state index is 12.3. The highest BCUT2D eigenvalue weighted by Crippen LogP contribution is 2.16. The molecule has 0 saturated heterocycles. The number of hydrogen-bond donors (Lipinski definition) is 0. The van der Waals surface area contributed by atoms with Crippen LogP contribution in [0.3, 0.4) is 0 Å². The molecular formula is C13H18BrNO4. The van der Waals surface area contributed by atoms with Crippen LogP contribution >= 0.6 is 15.9 Å². The van der Waals surface area contributed by atoms with Gasteiger partial charge in [-0.3, -0.25) is 9.59 Å². The van der Waals surface area contributed by atoms with Crippen LogP contribution in [0, 0.1) is 5.92 Å². The van der Waals surface area contributed by atoms with E-state index in [-0.39, 0.29) is 24.1 Å². The molecule has 0 aliphatic heterocycles. The van der Waals surface area contributed by atoms with E-state index in [9.17, 15) is 9.59 Å². The second-order valence-electron chi connectivity index (χ2n) is 4.57. The van der Waals surface area contributed by atoms with Crippen molar-refractivity contribution in [1.82, 2.24) is 4.90 Å². The molecule has 0 aliphatic carbocycles. The van der Waals surface area contributed by atoms with Crippen LogP contribution in [-0.4, -0.2) is 37.0 Å². The summed E-state index contributed by atoms with van der Waals surface area (Å²) >= 11 is 3.16. The molecule has 1 heterocycles. The quantitative estimate of drug-likeness (QED) is 0.752. The Balaban J connectivity index is 2.72. The van der Waals surface area contributed by atoms with Crippen LogP contribution < -0.4 is 0 Å². The van der Waals surface area contributed by atoms with Crippen molar-refractivity contribution >= 4 is 27.8 Å². The van der Waals surface area contributed by atoms with Crippen molar-refractivity contribution in [2.24, 2.45) is 5.92 Å². The molecule has 0 N–H and O–H groups in total. The summed E-state index contributed by atoms with van der Waals surface area (Å²) in [5, 5.41) is 0. The van der Waals surface area contributed by atoms with Gasteiger partial charge in [0.25, 0.3) is 5.91 Å². The lowest BCUT2D eigenvalue weighted by Gasteiger charge is -2.23. The molecule has 0 spiro atoms. The second kappa shape index (κ2) is 7.33. The van der Waals surface area contributed by atoms with Crippen LogP contribution in [0.15, 0.2) is 21.2 Å². The van der Waals surface area contributed by atoms with Crippen molar-refractivity contribution in [2.45, 2.75) is 20.3 Å². The average Bonchev–Trinajstić information content (AvgIpc) is 2.79. The minimum atomic E-state index is -0.331. The van der Waals surface area contributed by atoms with Gasteiger partial charge in [0, 0.05) is 13.1 Å². The highest BCUT2D eigenvalue weighted by molar-refractivity contribution is 9.10. The number of hydrogen-bond acceptors (Lipinski definition) is 4. The summed E-state index contributed by atoms with van der Waals surface area (Å²) in [5.74, 6) is 0.0166. The molecule has 0 saturated carbocycles. The summed E-state index contributed by atoms with van der Waals surface area (Å²) in [6, 6.07) is 3.28. The Kier molecular flexibility index (Phi) is 6.08. The summed E-state index contributed by atoms with van der Waals surface area (Å²) < 4.78 is 10.3. The Labute approximate surface area is 121 Å². The second-order valence-corrected chi connectivity index (χ2v) is 5.36. The molecule has 19 heavy (non-hydrogen) atoms. The lowest BCUT2D eigenvalue weighted by atomic mass is 10.2. The predicted molar refractivity (Wildman–Crippen MR) is 73.8 cm³/mol. The van der Waals surface area contributed by atoms with Crippen molar-refractivity contribution in [3.8, 4) is 0 Å². The van der Waals surface area contributed by atoms with E-state index in [0.717, 1.165) is 0 Å². The maximum Gasteiger partial charge on any atom is 0.307 e. The molecule has 5 nitrogen and oxygen atoms in total. The zero-order valence-electron chi connectivity index (χ0n) is 11.3. The zero-order valence-corrected chi connectivity index (χ0v) is 12.9. The number of halogens is 1.